The predicted molar refractivity (Wildman–Crippen MR) is 164 cm³/mol. The summed E-state index contributed by atoms with van der Waals surface area (Å²) < 4.78 is 26.8. The first-order valence-corrected chi connectivity index (χ1v) is 14.9. The van der Waals surface area contributed by atoms with Crippen molar-refractivity contribution < 1.29 is 9.13 Å². The average Bonchev–Trinajstić information content (AvgIpc) is 3.74. The zero-order valence-corrected chi connectivity index (χ0v) is 24.0. The lowest BCUT2D eigenvalue weighted by molar-refractivity contribution is 0.186. The van der Waals surface area contributed by atoms with Gasteiger partial charge in [0.25, 0.3) is 5.56 Å². The molecule has 5 heterocycles. The monoisotopic (exact) mass is 583 g/mol. The molecule has 9 nitrogen and oxygen atoms in total. The highest BCUT2D eigenvalue weighted by atomic mass is 32.1. The number of benzene rings is 2. The number of anilines is 3. The van der Waals surface area contributed by atoms with Crippen LogP contribution in [0.4, 0.5) is 21.7 Å². The maximum absolute atomic E-state index is 15.5. The molecule has 0 bridgehead atoms. The summed E-state index contributed by atoms with van der Waals surface area (Å²) in [5, 5.41) is 5.80. The number of ether oxygens (including phenoxy) is 1. The van der Waals surface area contributed by atoms with Crippen LogP contribution in [0.2, 0.25) is 0 Å². The van der Waals surface area contributed by atoms with Crippen molar-refractivity contribution in [3.8, 4) is 22.3 Å². The van der Waals surface area contributed by atoms with Gasteiger partial charge in [-0.3, -0.25) is 9.36 Å². The number of pyridine rings is 1. The molecule has 3 aromatic heterocycles. The molecule has 2 fully saturated rings. The molecular weight excluding hydrogens is 553 g/mol. The van der Waals surface area contributed by atoms with E-state index in [1.54, 1.807) is 29.1 Å². The molecule has 0 aliphatic carbocycles. The molecule has 0 saturated carbocycles. The van der Waals surface area contributed by atoms with Gasteiger partial charge in [-0.25, -0.2) is 13.7 Å². The van der Waals surface area contributed by atoms with Crippen LogP contribution in [0.3, 0.4) is 0 Å². The Morgan fingerprint density at radius 3 is 2.55 bits per heavy atom. The molecule has 7 rings (SSSR count). The number of nitrogens with zero attached hydrogens (tertiary/aromatic N) is 6. The first-order chi connectivity index (χ1) is 20.5. The maximum Gasteiger partial charge on any atom is 0.260 e. The molecular formula is C31H30FN7O2S. The van der Waals surface area contributed by atoms with E-state index >= 15 is 4.39 Å². The van der Waals surface area contributed by atoms with Gasteiger partial charge in [0.15, 0.2) is 0 Å². The molecule has 0 spiro atoms. The van der Waals surface area contributed by atoms with Crippen LogP contribution in [0.1, 0.15) is 12.5 Å². The molecule has 1 atom stereocenters. The number of nitrogens with one attached hydrogen (secondary N) is 1. The van der Waals surface area contributed by atoms with Crippen LogP contribution in [-0.4, -0.2) is 70.2 Å². The Hall–Kier alpha value is -4.19. The van der Waals surface area contributed by atoms with E-state index in [2.05, 4.69) is 43.7 Å². The van der Waals surface area contributed by atoms with E-state index < -0.39 is 5.82 Å². The summed E-state index contributed by atoms with van der Waals surface area (Å²) in [6, 6.07) is 14.6. The molecule has 11 heteroatoms. The van der Waals surface area contributed by atoms with E-state index in [-0.39, 0.29) is 22.7 Å². The van der Waals surface area contributed by atoms with E-state index in [0.717, 1.165) is 37.4 Å². The third-order valence-corrected chi connectivity index (χ3v) is 8.65. The standard InChI is InChI=1S/C31H30FN7O2S/c1-37-9-11-38(12-10-37)24-5-3-23(4-6-24)35-31-33-16-21-14-27(30(40)39(29(21)36-31)25-8-13-41-18-25)26-7-2-20(15-28(26)32)22-17-34-42-19-22/h2-7,14-17,19,25H,8-13,18H2,1H3,(H,33,35,36). The molecule has 5 aromatic rings. The SMILES string of the molecule is CN1CCN(c2ccc(Nc3ncc4cc(-c5ccc(-c6cnsc6)cc5F)c(=O)n(C5CCOC5)c4n3)cc2)CC1. The highest BCUT2D eigenvalue weighted by Gasteiger charge is 2.25. The largest absolute Gasteiger partial charge is 0.379 e. The zero-order valence-electron chi connectivity index (χ0n) is 23.2. The first kappa shape index (κ1) is 26.7. The number of hydrogen-bond donors (Lipinski definition) is 1. The van der Waals surface area contributed by atoms with Crippen LogP contribution in [0, 0.1) is 5.82 Å². The molecule has 2 aromatic carbocycles. The average molecular weight is 584 g/mol. The van der Waals surface area contributed by atoms with Crippen LogP contribution in [0.5, 0.6) is 0 Å². The summed E-state index contributed by atoms with van der Waals surface area (Å²) in [6.07, 6.45) is 4.06. The lowest BCUT2D eigenvalue weighted by Crippen LogP contribution is -2.44. The molecule has 1 unspecified atom stereocenters. The van der Waals surface area contributed by atoms with E-state index in [9.17, 15) is 4.79 Å². The minimum absolute atomic E-state index is 0.204. The predicted octanol–water partition coefficient (Wildman–Crippen LogP) is 5.18. The van der Waals surface area contributed by atoms with Gasteiger partial charge in [-0.1, -0.05) is 12.1 Å². The normalized spacial score (nSPS) is 17.7. The summed E-state index contributed by atoms with van der Waals surface area (Å²) in [5.41, 5.74) is 4.29. The van der Waals surface area contributed by atoms with Gasteiger partial charge in [0, 0.05) is 78.4 Å². The maximum atomic E-state index is 15.5. The Bertz CT molecular complexity index is 1780. The lowest BCUT2D eigenvalue weighted by atomic mass is 10.0. The molecule has 0 amide bonds. The Morgan fingerprint density at radius 1 is 1.00 bits per heavy atom. The number of likely N-dealkylation sites (N-methyl/N-ethyl adjacent to an activating group) is 1. The van der Waals surface area contributed by atoms with Crippen LogP contribution >= 0.6 is 11.5 Å². The fourth-order valence-corrected chi connectivity index (χ4v) is 6.19. The summed E-state index contributed by atoms with van der Waals surface area (Å²) in [5.74, 6) is -0.0850. The zero-order chi connectivity index (χ0) is 28.6. The van der Waals surface area contributed by atoms with E-state index in [1.165, 1.54) is 23.3 Å². The summed E-state index contributed by atoms with van der Waals surface area (Å²) in [6.45, 7) is 5.04. The van der Waals surface area contributed by atoms with Crippen molar-refractivity contribution in [2.24, 2.45) is 0 Å². The van der Waals surface area contributed by atoms with Gasteiger partial charge in [-0.05, 0) is 67.0 Å². The molecule has 1 N–H and O–H groups in total. The highest BCUT2D eigenvalue weighted by molar-refractivity contribution is 7.03. The number of halogens is 1. The molecule has 214 valence electrons. The second kappa shape index (κ2) is 11.2. The van der Waals surface area contributed by atoms with Crippen molar-refractivity contribution >= 4 is 39.9 Å². The van der Waals surface area contributed by atoms with Crippen LogP contribution in [-0.2, 0) is 4.74 Å². The van der Waals surface area contributed by atoms with Gasteiger partial charge in [0.2, 0.25) is 5.95 Å². The number of aromatic nitrogens is 4. The van der Waals surface area contributed by atoms with Gasteiger partial charge in [0.05, 0.1) is 18.2 Å². The number of piperazine rings is 1. The van der Waals surface area contributed by atoms with Crippen molar-refractivity contribution in [1.29, 1.82) is 0 Å². The van der Waals surface area contributed by atoms with Crippen molar-refractivity contribution in [3.63, 3.8) is 0 Å². The number of hydrogen-bond acceptors (Lipinski definition) is 9. The summed E-state index contributed by atoms with van der Waals surface area (Å²) in [7, 11) is 2.15. The van der Waals surface area contributed by atoms with Crippen LogP contribution in [0.25, 0.3) is 33.3 Å². The van der Waals surface area contributed by atoms with Crippen molar-refractivity contribution in [1.82, 2.24) is 23.8 Å². The third kappa shape index (κ3) is 5.15. The quantitative estimate of drug-likeness (QED) is 0.293. The van der Waals surface area contributed by atoms with E-state index in [4.69, 9.17) is 9.72 Å². The second-order valence-corrected chi connectivity index (χ2v) is 11.5. The fourth-order valence-electron chi connectivity index (χ4n) is 5.65. The Balaban J connectivity index is 1.23. The van der Waals surface area contributed by atoms with E-state index in [1.807, 2.05) is 23.6 Å². The molecule has 2 aliphatic heterocycles. The smallest absolute Gasteiger partial charge is 0.260 e. The van der Waals surface area contributed by atoms with Gasteiger partial charge >= 0.3 is 0 Å². The van der Waals surface area contributed by atoms with Gasteiger partial charge in [0.1, 0.15) is 11.5 Å². The van der Waals surface area contributed by atoms with Gasteiger partial charge < -0.3 is 19.9 Å². The highest BCUT2D eigenvalue weighted by Crippen LogP contribution is 2.31. The van der Waals surface area contributed by atoms with Crippen LogP contribution < -0.4 is 15.8 Å². The fraction of sp³-hybridized carbons (Fsp3) is 0.290. The van der Waals surface area contributed by atoms with Crippen molar-refractivity contribution in [3.05, 3.63) is 82.5 Å². The van der Waals surface area contributed by atoms with Crippen LogP contribution in [0.15, 0.2) is 71.1 Å². The van der Waals surface area contributed by atoms with Crippen molar-refractivity contribution in [2.45, 2.75) is 12.5 Å². The second-order valence-electron chi connectivity index (χ2n) is 10.8. The van der Waals surface area contributed by atoms with Gasteiger partial charge in [-0.2, -0.15) is 4.98 Å². The number of fused-ring (bicyclic) bond motifs is 1. The van der Waals surface area contributed by atoms with E-state index in [0.29, 0.717) is 42.2 Å². The Labute approximate surface area is 246 Å². The topological polar surface area (TPSA) is 88.4 Å². The lowest BCUT2D eigenvalue weighted by Gasteiger charge is -2.34. The first-order valence-electron chi connectivity index (χ1n) is 14.0. The molecule has 2 saturated heterocycles. The molecule has 2 aliphatic rings. The summed E-state index contributed by atoms with van der Waals surface area (Å²) >= 11 is 1.31. The number of rotatable bonds is 6. The minimum Gasteiger partial charge on any atom is -0.379 e. The Kier molecular flexibility index (Phi) is 7.14. The Morgan fingerprint density at radius 2 is 1.83 bits per heavy atom. The molecule has 0 radical (unpaired) electrons. The summed E-state index contributed by atoms with van der Waals surface area (Å²) in [4.78, 5) is 28.0. The van der Waals surface area contributed by atoms with Gasteiger partial charge in [-0.15, -0.1) is 0 Å². The minimum atomic E-state index is -0.469. The molecule has 42 heavy (non-hydrogen) atoms. The van der Waals surface area contributed by atoms with Crippen molar-refractivity contribution in [2.75, 3.05) is 56.7 Å². The third-order valence-electron chi connectivity index (χ3n) is 8.06.